The van der Waals surface area contributed by atoms with Crippen molar-refractivity contribution >= 4 is 5.97 Å². The summed E-state index contributed by atoms with van der Waals surface area (Å²) in [6, 6.07) is 0.213. The predicted molar refractivity (Wildman–Crippen MR) is 21.4 cm³/mol. The molecule has 0 aromatic heterocycles. The molecule has 1 unspecified atom stereocenters. The van der Waals surface area contributed by atoms with E-state index in [0.29, 0.717) is 0 Å². The van der Waals surface area contributed by atoms with Crippen molar-refractivity contribution in [2.75, 3.05) is 6.54 Å². The average molecular weight is 123 g/mol. The van der Waals surface area contributed by atoms with Crippen LogP contribution in [0.2, 0.25) is 0 Å². The fraction of sp³-hybridized carbons (Fsp3) is 0.750. The van der Waals surface area contributed by atoms with Crippen LogP contribution < -0.4 is 40.0 Å². The van der Waals surface area contributed by atoms with Crippen LogP contribution in [0, 0.1) is 0 Å². The molecule has 8 heavy (non-hydrogen) atoms. The van der Waals surface area contributed by atoms with E-state index < -0.39 is 5.97 Å². The third kappa shape index (κ3) is 3.43. The second-order valence-corrected chi connectivity index (χ2v) is 1.68. The molecule has 1 aliphatic rings. The number of hydrogen-bond acceptors (Lipinski definition) is 3. The number of nitrogens with one attached hydrogen (secondary N) is 1. The molecule has 0 aromatic rings. The van der Waals surface area contributed by atoms with Crippen molar-refractivity contribution in [2.24, 2.45) is 0 Å². The monoisotopic (exact) mass is 123 g/mol. The van der Waals surface area contributed by atoms with Crippen LogP contribution in [-0.4, -0.2) is 18.6 Å². The number of hydrogen-bond donors (Lipinski definition) is 1. The van der Waals surface area contributed by atoms with Gasteiger partial charge in [-0.1, -0.05) is 0 Å². The number of carbonyl (C=O) groups is 1. The Morgan fingerprint density at radius 1 is 1.88 bits per heavy atom. The van der Waals surface area contributed by atoms with Crippen molar-refractivity contribution in [3.63, 3.8) is 0 Å². The Balaban J connectivity index is 0.000000490. The molecule has 40 valence electrons. The van der Waals surface area contributed by atoms with E-state index in [1.165, 1.54) is 0 Å². The minimum Gasteiger partial charge on any atom is -0.550 e. The van der Waals surface area contributed by atoms with E-state index >= 15 is 0 Å². The van der Waals surface area contributed by atoms with Crippen LogP contribution in [0.3, 0.4) is 0 Å². The normalized spacial score (nSPS) is 23.8. The summed E-state index contributed by atoms with van der Waals surface area (Å²) in [5.41, 5.74) is 0. The molecular formula is C4H6NNaO2. The third-order valence-electron chi connectivity index (χ3n) is 0.906. The van der Waals surface area contributed by atoms with Crippen molar-refractivity contribution in [1.82, 2.24) is 5.32 Å². The molecule has 0 amide bonds. The van der Waals surface area contributed by atoms with Gasteiger partial charge in [-0.3, -0.25) is 0 Å². The van der Waals surface area contributed by atoms with Crippen molar-refractivity contribution < 1.29 is 39.5 Å². The van der Waals surface area contributed by atoms with Gasteiger partial charge in [-0.15, -0.1) is 0 Å². The van der Waals surface area contributed by atoms with Gasteiger partial charge in [0.2, 0.25) is 0 Å². The summed E-state index contributed by atoms with van der Waals surface area (Å²) in [6.45, 7) is 0.841. The van der Waals surface area contributed by atoms with Gasteiger partial charge >= 0.3 is 29.6 Å². The Hall–Kier alpha value is 0.430. The molecule has 0 bridgehead atoms. The molecule has 1 fully saturated rings. The second-order valence-electron chi connectivity index (χ2n) is 1.68. The van der Waals surface area contributed by atoms with E-state index in [-0.39, 0.29) is 42.0 Å². The molecule has 4 heteroatoms. The number of carboxylic acids is 1. The first kappa shape index (κ1) is 8.43. The average Bonchev–Trinajstić information content (AvgIpc) is 2.17. The Kier molecular flexibility index (Phi) is 3.64. The molecule has 1 atom stereocenters. The molecule has 1 saturated heterocycles. The summed E-state index contributed by atoms with van der Waals surface area (Å²) < 4.78 is 0. The summed E-state index contributed by atoms with van der Waals surface area (Å²) >= 11 is 0. The molecule has 0 spiro atoms. The van der Waals surface area contributed by atoms with Crippen molar-refractivity contribution in [2.45, 2.75) is 12.5 Å². The molecule has 0 aliphatic carbocycles. The molecule has 1 N–H and O–H groups in total. The van der Waals surface area contributed by atoms with Crippen LogP contribution in [-0.2, 0) is 4.79 Å². The summed E-state index contributed by atoms with van der Waals surface area (Å²) in [5, 5.41) is 12.5. The fourth-order valence-corrected chi connectivity index (χ4v) is 0.429. The van der Waals surface area contributed by atoms with Crippen LogP contribution in [0.15, 0.2) is 0 Å². The van der Waals surface area contributed by atoms with E-state index in [1.807, 2.05) is 0 Å². The first-order valence-electron chi connectivity index (χ1n) is 2.22. The van der Waals surface area contributed by atoms with E-state index in [1.54, 1.807) is 0 Å². The van der Waals surface area contributed by atoms with Gasteiger partial charge in [0, 0.05) is 25.0 Å². The van der Waals surface area contributed by atoms with Gasteiger partial charge in [0.1, 0.15) is 0 Å². The maximum atomic E-state index is 9.70. The summed E-state index contributed by atoms with van der Waals surface area (Å²) in [6.07, 6.45) is 0.167. The van der Waals surface area contributed by atoms with Crippen molar-refractivity contribution in [1.29, 1.82) is 0 Å². The number of carbonyl (C=O) groups excluding carboxylic acids is 1. The SMILES string of the molecule is O=C([O-])CC1CN1.[Na+]. The number of rotatable bonds is 2. The van der Waals surface area contributed by atoms with Crippen LogP contribution in [0.25, 0.3) is 0 Å². The first-order valence-corrected chi connectivity index (χ1v) is 2.22. The molecule has 0 radical (unpaired) electrons. The molecule has 1 rings (SSSR count). The van der Waals surface area contributed by atoms with Crippen LogP contribution >= 0.6 is 0 Å². The molecule has 0 saturated carbocycles. The summed E-state index contributed by atoms with van der Waals surface area (Å²) in [7, 11) is 0. The summed E-state index contributed by atoms with van der Waals surface area (Å²) in [4.78, 5) is 9.70. The van der Waals surface area contributed by atoms with E-state index in [9.17, 15) is 9.90 Å². The topological polar surface area (TPSA) is 62.1 Å². The first-order chi connectivity index (χ1) is 3.29. The molecular weight excluding hydrogens is 117 g/mol. The minimum atomic E-state index is -0.963. The van der Waals surface area contributed by atoms with E-state index in [2.05, 4.69) is 5.32 Å². The largest absolute Gasteiger partial charge is 1.00 e. The van der Waals surface area contributed by atoms with E-state index in [0.717, 1.165) is 6.54 Å². The Bertz CT molecular complexity index is 92.0. The van der Waals surface area contributed by atoms with Crippen molar-refractivity contribution in [3.05, 3.63) is 0 Å². The zero-order valence-corrected chi connectivity index (χ0v) is 6.81. The van der Waals surface area contributed by atoms with E-state index in [4.69, 9.17) is 0 Å². The molecule has 1 aliphatic heterocycles. The standard InChI is InChI=1S/C4H7NO2.Na/c6-4(7)1-3-2-5-3;/h3,5H,1-2H2,(H,6,7);/q;+1/p-1. The maximum absolute atomic E-state index is 9.70. The second kappa shape index (κ2) is 3.45. The molecule has 1 heterocycles. The maximum Gasteiger partial charge on any atom is 1.00 e. The third-order valence-corrected chi connectivity index (χ3v) is 0.906. The van der Waals surface area contributed by atoms with Crippen molar-refractivity contribution in [3.8, 4) is 0 Å². The quantitative estimate of drug-likeness (QED) is 0.296. The van der Waals surface area contributed by atoms with Crippen LogP contribution in [0.5, 0.6) is 0 Å². The van der Waals surface area contributed by atoms with Crippen LogP contribution in [0.4, 0.5) is 0 Å². The van der Waals surface area contributed by atoms with Gasteiger partial charge in [-0.05, 0) is 0 Å². The minimum absolute atomic E-state index is 0. The molecule has 3 nitrogen and oxygen atoms in total. The smallest absolute Gasteiger partial charge is 0.550 e. The number of carboxylic acid groups (broad SMARTS) is 1. The predicted octanol–water partition coefficient (Wildman–Crippen LogP) is -4.90. The van der Waals surface area contributed by atoms with Gasteiger partial charge in [-0.2, -0.15) is 0 Å². The van der Waals surface area contributed by atoms with Gasteiger partial charge in [0.25, 0.3) is 0 Å². The zero-order valence-electron chi connectivity index (χ0n) is 4.81. The summed E-state index contributed by atoms with van der Waals surface area (Å²) in [5.74, 6) is -0.963. The molecule has 0 aromatic carbocycles. The Labute approximate surface area is 69.7 Å². The van der Waals surface area contributed by atoms with Gasteiger partial charge in [0.15, 0.2) is 0 Å². The van der Waals surface area contributed by atoms with Gasteiger partial charge in [-0.25, -0.2) is 0 Å². The zero-order chi connectivity index (χ0) is 5.28. The Morgan fingerprint density at radius 2 is 2.38 bits per heavy atom. The van der Waals surface area contributed by atoms with Crippen LogP contribution in [0.1, 0.15) is 6.42 Å². The Morgan fingerprint density at radius 3 is 2.50 bits per heavy atom. The van der Waals surface area contributed by atoms with Gasteiger partial charge < -0.3 is 15.2 Å². The number of aliphatic carboxylic acids is 1. The van der Waals surface area contributed by atoms with Gasteiger partial charge in [0.05, 0.1) is 0 Å². The fourth-order valence-electron chi connectivity index (χ4n) is 0.429.